The normalized spacial score (nSPS) is 13.1. The fourth-order valence-electron chi connectivity index (χ4n) is 0.518. The van der Waals surface area contributed by atoms with Crippen molar-refractivity contribution in [2.45, 2.75) is 20.8 Å². The molecule has 0 saturated carbocycles. The Morgan fingerprint density at radius 1 is 1.30 bits per heavy atom. The molecule has 0 saturated heterocycles. The van der Waals surface area contributed by atoms with E-state index in [4.69, 9.17) is 10.00 Å². The van der Waals surface area contributed by atoms with E-state index in [0.29, 0.717) is 12.5 Å². The van der Waals surface area contributed by atoms with Gasteiger partial charge in [0.15, 0.2) is 0 Å². The van der Waals surface area contributed by atoms with Gasteiger partial charge in [-0.05, 0) is 12.8 Å². The van der Waals surface area contributed by atoms with E-state index in [9.17, 15) is 0 Å². The number of ether oxygens (including phenoxy) is 1. The number of hydrogen-bond donors (Lipinski definition) is 0. The van der Waals surface area contributed by atoms with Crippen LogP contribution >= 0.6 is 0 Å². The van der Waals surface area contributed by atoms with E-state index in [1.165, 1.54) is 0 Å². The van der Waals surface area contributed by atoms with Crippen molar-refractivity contribution in [1.82, 2.24) is 0 Å². The van der Waals surface area contributed by atoms with Crippen LogP contribution in [-0.4, -0.2) is 13.2 Å². The van der Waals surface area contributed by atoms with E-state index in [1.807, 2.05) is 6.92 Å². The molecule has 10 heavy (non-hydrogen) atoms. The van der Waals surface area contributed by atoms with Gasteiger partial charge in [-0.15, -0.1) is 0 Å². The van der Waals surface area contributed by atoms with Crippen molar-refractivity contribution in [1.29, 1.82) is 5.26 Å². The summed E-state index contributed by atoms with van der Waals surface area (Å²) in [4.78, 5) is 0. The summed E-state index contributed by atoms with van der Waals surface area (Å²) >= 11 is 0. The fraction of sp³-hybridized carbons (Fsp3) is 0.875. The molecular formula is C8H15NO. The Balaban J connectivity index is 3.13. The van der Waals surface area contributed by atoms with E-state index in [1.54, 1.807) is 0 Å². The van der Waals surface area contributed by atoms with E-state index < -0.39 is 0 Å². The van der Waals surface area contributed by atoms with Crippen LogP contribution in [0.15, 0.2) is 0 Å². The van der Waals surface area contributed by atoms with Crippen LogP contribution in [0, 0.1) is 23.2 Å². The van der Waals surface area contributed by atoms with E-state index in [2.05, 4.69) is 19.9 Å². The van der Waals surface area contributed by atoms with Gasteiger partial charge in [0, 0.05) is 6.61 Å². The highest BCUT2D eigenvalue weighted by Gasteiger charge is 1.99. The van der Waals surface area contributed by atoms with Crippen LogP contribution in [0.5, 0.6) is 0 Å². The standard InChI is InChI=1S/C8H15NO/c1-7(2)5-10-6-8(3)4-9/h7-8H,5-6H2,1-3H3. The molecule has 0 N–H and O–H groups in total. The molecule has 0 aliphatic rings. The van der Waals surface area contributed by atoms with Crippen LogP contribution in [0.2, 0.25) is 0 Å². The number of nitriles is 1. The Kier molecular flexibility index (Phi) is 4.96. The molecule has 0 heterocycles. The topological polar surface area (TPSA) is 33.0 Å². The minimum Gasteiger partial charge on any atom is -0.380 e. The smallest absolute Gasteiger partial charge is 0.0677 e. The quantitative estimate of drug-likeness (QED) is 0.598. The lowest BCUT2D eigenvalue weighted by atomic mass is 10.2. The van der Waals surface area contributed by atoms with Crippen molar-refractivity contribution in [2.24, 2.45) is 11.8 Å². The molecule has 0 aromatic carbocycles. The molecule has 0 bridgehead atoms. The zero-order valence-corrected chi connectivity index (χ0v) is 6.92. The van der Waals surface area contributed by atoms with Crippen LogP contribution in [0.25, 0.3) is 0 Å². The zero-order valence-electron chi connectivity index (χ0n) is 6.92. The van der Waals surface area contributed by atoms with Gasteiger partial charge in [0.25, 0.3) is 0 Å². The Hall–Kier alpha value is -0.550. The third kappa shape index (κ3) is 5.58. The van der Waals surface area contributed by atoms with Crippen molar-refractivity contribution >= 4 is 0 Å². The highest BCUT2D eigenvalue weighted by molar-refractivity contribution is 4.77. The van der Waals surface area contributed by atoms with E-state index in [-0.39, 0.29) is 5.92 Å². The van der Waals surface area contributed by atoms with Crippen molar-refractivity contribution < 1.29 is 4.74 Å². The summed E-state index contributed by atoms with van der Waals surface area (Å²) in [6.07, 6.45) is 0. The van der Waals surface area contributed by atoms with Crippen molar-refractivity contribution in [2.75, 3.05) is 13.2 Å². The van der Waals surface area contributed by atoms with Gasteiger partial charge in [-0.2, -0.15) is 5.26 Å². The predicted octanol–water partition coefficient (Wildman–Crippen LogP) is 1.82. The van der Waals surface area contributed by atoms with Crippen LogP contribution in [-0.2, 0) is 4.74 Å². The van der Waals surface area contributed by atoms with Gasteiger partial charge in [0.1, 0.15) is 0 Å². The summed E-state index contributed by atoms with van der Waals surface area (Å²) in [7, 11) is 0. The van der Waals surface area contributed by atoms with Gasteiger partial charge in [0.05, 0.1) is 18.6 Å². The zero-order chi connectivity index (χ0) is 7.98. The Morgan fingerprint density at radius 2 is 1.90 bits per heavy atom. The SMILES string of the molecule is CC(C)COCC(C)C#N. The number of hydrogen-bond acceptors (Lipinski definition) is 2. The lowest BCUT2D eigenvalue weighted by Crippen LogP contribution is -2.08. The molecule has 0 aliphatic heterocycles. The summed E-state index contributed by atoms with van der Waals surface area (Å²) in [5, 5.41) is 8.37. The van der Waals surface area contributed by atoms with Crippen LogP contribution in [0.1, 0.15) is 20.8 Å². The summed E-state index contributed by atoms with van der Waals surface area (Å²) in [5.41, 5.74) is 0. The Bertz CT molecular complexity index is 115. The molecule has 1 unspecified atom stereocenters. The molecule has 0 amide bonds. The lowest BCUT2D eigenvalue weighted by molar-refractivity contribution is 0.0961. The first-order valence-corrected chi connectivity index (χ1v) is 3.64. The van der Waals surface area contributed by atoms with Gasteiger partial charge in [-0.1, -0.05) is 13.8 Å². The Morgan fingerprint density at radius 3 is 2.30 bits per heavy atom. The second-order valence-electron chi connectivity index (χ2n) is 2.96. The molecule has 0 fully saturated rings. The highest BCUT2D eigenvalue weighted by Crippen LogP contribution is 1.96. The average molecular weight is 141 g/mol. The van der Waals surface area contributed by atoms with Crippen molar-refractivity contribution in [3.05, 3.63) is 0 Å². The Labute approximate surface area is 62.8 Å². The molecule has 58 valence electrons. The average Bonchev–Trinajstić information content (AvgIpc) is 1.87. The monoisotopic (exact) mass is 141 g/mol. The summed E-state index contributed by atoms with van der Waals surface area (Å²) < 4.78 is 5.23. The number of nitrogens with zero attached hydrogens (tertiary/aromatic N) is 1. The van der Waals surface area contributed by atoms with Crippen LogP contribution < -0.4 is 0 Å². The van der Waals surface area contributed by atoms with Gasteiger partial charge in [-0.25, -0.2) is 0 Å². The largest absolute Gasteiger partial charge is 0.380 e. The minimum absolute atomic E-state index is 0.0266. The first-order valence-electron chi connectivity index (χ1n) is 3.64. The summed E-state index contributed by atoms with van der Waals surface area (Å²) in [6, 6.07) is 2.11. The van der Waals surface area contributed by atoms with Gasteiger partial charge in [-0.3, -0.25) is 0 Å². The minimum atomic E-state index is 0.0266. The van der Waals surface area contributed by atoms with Gasteiger partial charge < -0.3 is 4.74 Å². The predicted molar refractivity (Wildman–Crippen MR) is 40.4 cm³/mol. The third-order valence-electron chi connectivity index (χ3n) is 1.04. The van der Waals surface area contributed by atoms with Crippen LogP contribution in [0.4, 0.5) is 0 Å². The maximum Gasteiger partial charge on any atom is 0.0677 e. The molecule has 2 nitrogen and oxygen atoms in total. The fourth-order valence-corrected chi connectivity index (χ4v) is 0.518. The molecule has 0 aromatic rings. The third-order valence-corrected chi connectivity index (χ3v) is 1.04. The molecule has 1 atom stereocenters. The first kappa shape index (κ1) is 9.45. The second kappa shape index (κ2) is 5.25. The molecular weight excluding hydrogens is 126 g/mol. The molecule has 0 aromatic heterocycles. The summed E-state index contributed by atoms with van der Waals surface area (Å²) in [6.45, 7) is 7.37. The molecule has 0 radical (unpaired) electrons. The van der Waals surface area contributed by atoms with Crippen LogP contribution in [0.3, 0.4) is 0 Å². The van der Waals surface area contributed by atoms with Gasteiger partial charge in [0.2, 0.25) is 0 Å². The summed E-state index contributed by atoms with van der Waals surface area (Å²) in [5.74, 6) is 0.588. The number of rotatable bonds is 4. The second-order valence-corrected chi connectivity index (χ2v) is 2.96. The van der Waals surface area contributed by atoms with Crippen molar-refractivity contribution in [3.8, 4) is 6.07 Å². The van der Waals surface area contributed by atoms with Crippen molar-refractivity contribution in [3.63, 3.8) is 0 Å². The van der Waals surface area contributed by atoms with E-state index in [0.717, 1.165) is 6.61 Å². The molecule has 0 aliphatic carbocycles. The molecule has 0 rings (SSSR count). The molecule has 2 heteroatoms. The van der Waals surface area contributed by atoms with E-state index >= 15 is 0 Å². The maximum absolute atomic E-state index is 8.37. The highest BCUT2D eigenvalue weighted by atomic mass is 16.5. The first-order chi connectivity index (χ1) is 4.66. The molecule has 0 spiro atoms. The van der Waals surface area contributed by atoms with Gasteiger partial charge >= 0.3 is 0 Å². The lowest BCUT2D eigenvalue weighted by Gasteiger charge is -2.06. The maximum atomic E-state index is 8.37.